The van der Waals surface area contributed by atoms with Gasteiger partial charge in [0.25, 0.3) is 0 Å². The van der Waals surface area contributed by atoms with Crippen molar-refractivity contribution in [2.75, 3.05) is 26.2 Å². The average molecular weight is 445 g/mol. The van der Waals surface area contributed by atoms with Crippen molar-refractivity contribution in [1.29, 1.82) is 0 Å². The van der Waals surface area contributed by atoms with Crippen LogP contribution in [0.2, 0.25) is 0 Å². The second kappa shape index (κ2) is 8.97. The molecule has 9 heteroatoms. The van der Waals surface area contributed by atoms with Crippen molar-refractivity contribution in [3.05, 3.63) is 59.7 Å². The Morgan fingerprint density at radius 1 is 1.06 bits per heavy atom. The summed E-state index contributed by atoms with van der Waals surface area (Å²) in [5.74, 6) is -0.639. The molecule has 0 aliphatic rings. The molecule has 31 heavy (non-hydrogen) atoms. The number of pyridine rings is 1. The predicted octanol–water partition coefficient (Wildman–Crippen LogP) is 4.68. The summed E-state index contributed by atoms with van der Waals surface area (Å²) in [4.78, 5) is 7.54. The zero-order valence-electron chi connectivity index (χ0n) is 17.4. The molecule has 0 aliphatic carbocycles. The van der Waals surface area contributed by atoms with Crippen LogP contribution in [0.25, 0.3) is 22.2 Å². The standard InChI is InChI=1S/C22H22F2N4O2S/c1-29-18-8-19(30-2)21(24)17(20(18)23)7-14-10-26-22-16(14)6-13(9-25-22)15-11-27-28(12-15)4-5-31-3/h6,8-12H,4-5,7H2,1-3H3,(H,25,26). The number of rotatable bonds is 8. The lowest BCUT2D eigenvalue weighted by molar-refractivity contribution is 0.354. The van der Waals surface area contributed by atoms with Gasteiger partial charge in [0, 0.05) is 65.5 Å². The van der Waals surface area contributed by atoms with E-state index in [-0.39, 0.29) is 23.5 Å². The maximum atomic E-state index is 14.8. The van der Waals surface area contributed by atoms with Gasteiger partial charge >= 0.3 is 0 Å². The number of hydrogen-bond acceptors (Lipinski definition) is 5. The highest BCUT2D eigenvalue weighted by atomic mass is 32.2. The Bertz CT molecular complexity index is 1190. The molecule has 4 rings (SSSR count). The zero-order valence-corrected chi connectivity index (χ0v) is 18.2. The number of hydrogen-bond donors (Lipinski definition) is 1. The van der Waals surface area contributed by atoms with Crippen LogP contribution >= 0.6 is 11.8 Å². The monoisotopic (exact) mass is 444 g/mol. The van der Waals surface area contributed by atoms with Crippen LogP contribution in [0, 0.1) is 11.6 Å². The Kier molecular flexibility index (Phi) is 6.13. The maximum Gasteiger partial charge on any atom is 0.171 e. The fourth-order valence-electron chi connectivity index (χ4n) is 3.46. The Labute approximate surface area is 182 Å². The number of aromatic nitrogens is 4. The lowest BCUT2D eigenvalue weighted by Crippen LogP contribution is -2.03. The highest BCUT2D eigenvalue weighted by Crippen LogP contribution is 2.34. The second-order valence-corrected chi connectivity index (χ2v) is 7.97. The Hall–Kier alpha value is -3.07. The highest BCUT2D eigenvalue weighted by Gasteiger charge is 2.21. The van der Waals surface area contributed by atoms with E-state index >= 15 is 0 Å². The van der Waals surface area contributed by atoms with Crippen molar-refractivity contribution >= 4 is 22.8 Å². The molecule has 0 saturated carbocycles. The van der Waals surface area contributed by atoms with Crippen molar-refractivity contribution in [1.82, 2.24) is 19.7 Å². The van der Waals surface area contributed by atoms with Crippen LogP contribution in [0.3, 0.4) is 0 Å². The Morgan fingerprint density at radius 3 is 2.48 bits per heavy atom. The molecule has 0 bridgehead atoms. The number of aryl methyl sites for hydroxylation is 1. The topological polar surface area (TPSA) is 65.0 Å². The normalized spacial score (nSPS) is 11.3. The summed E-state index contributed by atoms with van der Waals surface area (Å²) < 4.78 is 41.6. The second-order valence-electron chi connectivity index (χ2n) is 6.98. The molecule has 6 nitrogen and oxygen atoms in total. The number of nitrogens with one attached hydrogen (secondary N) is 1. The largest absolute Gasteiger partial charge is 0.494 e. The molecule has 3 heterocycles. The lowest BCUT2D eigenvalue weighted by Gasteiger charge is -2.12. The first-order valence-corrected chi connectivity index (χ1v) is 11.0. The van der Waals surface area contributed by atoms with Crippen LogP contribution in [0.5, 0.6) is 11.5 Å². The Morgan fingerprint density at radius 2 is 1.81 bits per heavy atom. The summed E-state index contributed by atoms with van der Waals surface area (Å²) in [5.41, 5.74) is 3.06. The van der Waals surface area contributed by atoms with Gasteiger partial charge in [-0.2, -0.15) is 16.9 Å². The summed E-state index contributed by atoms with van der Waals surface area (Å²) in [6.45, 7) is 0.822. The molecule has 0 fully saturated rings. The van der Waals surface area contributed by atoms with E-state index in [1.165, 1.54) is 20.3 Å². The van der Waals surface area contributed by atoms with Crippen LogP contribution in [0.1, 0.15) is 11.1 Å². The minimum atomic E-state index is -0.741. The minimum Gasteiger partial charge on any atom is -0.494 e. The van der Waals surface area contributed by atoms with E-state index in [0.29, 0.717) is 11.2 Å². The van der Waals surface area contributed by atoms with Gasteiger partial charge in [-0.25, -0.2) is 13.8 Å². The number of nitrogens with zero attached hydrogens (tertiary/aromatic N) is 3. The third-order valence-corrected chi connectivity index (χ3v) is 5.73. The molecule has 0 saturated heterocycles. The average Bonchev–Trinajstić information content (AvgIpc) is 3.42. The predicted molar refractivity (Wildman–Crippen MR) is 118 cm³/mol. The van der Waals surface area contributed by atoms with Gasteiger partial charge in [0.2, 0.25) is 0 Å². The number of halogens is 2. The van der Waals surface area contributed by atoms with Gasteiger partial charge in [0.1, 0.15) is 5.65 Å². The molecule has 0 aliphatic heterocycles. The first-order chi connectivity index (χ1) is 15.0. The van der Waals surface area contributed by atoms with E-state index in [2.05, 4.69) is 21.3 Å². The molecule has 4 aromatic rings. The fourth-order valence-corrected chi connectivity index (χ4v) is 3.83. The molecule has 0 unspecified atom stereocenters. The van der Waals surface area contributed by atoms with Crippen molar-refractivity contribution in [2.24, 2.45) is 0 Å². The first kappa shape index (κ1) is 21.2. The van der Waals surface area contributed by atoms with Gasteiger partial charge < -0.3 is 14.5 Å². The molecule has 3 aromatic heterocycles. The van der Waals surface area contributed by atoms with Crippen molar-refractivity contribution in [3.8, 4) is 22.6 Å². The smallest absolute Gasteiger partial charge is 0.171 e. The molecule has 1 aromatic carbocycles. The summed E-state index contributed by atoms with van der Waals surface area (Å²) in [7, 11) is 2.67. The Balaban J connectivity index is 1.72. The van der Waals surface area contributed by atoms with Crippen molar-refractivity contribution < 1.29 is 18.3 Å². The van der Waals surface area contributed by atoms with E-state index in [1.54, 1.807) is 30.4 Å². The number of thioether (sulfide) groups is 1. The minimum absolute atomic E-state index is 0.0172. The third-order valence-electron chi connectivity index (χ3n) is 5.14. The van der Waals surface area contributed by atoms with E-state index in [4.69, 9.17) is 9.47 Å². The van der Waals surface area contributed by atoms with Crippen LogP contribution < -0.4 is 9.47 Å². The van der Waals surface area contributed by atoms with Gasteiger partial charge in [-0.15, -0.1) is 0 Å². The van der Waals surface area contributed by atoms with Gasteiger partial charge in [-0.1, -0.05) is 0 Å². The molecule has 1 N–H and O–H groups in total. The molecule has 0 amide bonds. The van der Waals surface area contributed by atoms with Crippen LogP contribution in [-0.4, -0.2) is 46.0 Å². The molecular weight excluding hydrogens is 422 g/mol. The van der Waals surface area contributed by atoms with Crippen LogP contribution in [0.15, 0.2) is 36.9 Å². The summed E-state index contributed by atoms with van der Waals surface area (Å²) in [6.07, 6.45) is 9.31. The van der Waals surface area contributed by atoms with Gasteiger partial charge in [-0.05, 0) is 17.9 Å². The number of fused-ring (bicyclic) bond motifs is 1. The number of H-pyrrole nitrogens is 1. The number of ether oxygens (including phenoxy) is 2. The fraction of sp³-hybridized carbons (Fsp3) is 0.273. The van der Waals surface area contributed by atoms with Gasteiger partial charge in [-0.3, -0.25) is 4.68 Å². The highest BCUT2D eigenvalue weighted by molar-refractivity contribution is 7.98. The van der Waals surface area contributed by atoms with Gasteiger partial charge in [0.05, 0.1) is 20.4 Å². The van der Waals surface area contributed by atoms with Crippen LogP contribution in [-0.2, 0) is 13.0 Å². The molecular formula is C22H22F2N4O2S. The lowest BCUT2D eigenvalue weighted by atomic mass is 10.0. The molecule has 0 atom stereocenters. The van der Waals surface area contributed by atoms with E-state index in [0.717, 1.165) is 28.8 Å². The summed E-state index contributed by atoms with van der Waals surface area (Å²) >= 11 is 1.76. The molecule has 162 valence electrons. The van der Waals surface area contributed by atoms with Crippen molar-refractivity contribution in [2.45, 2.75) is 13.0 Å². The van der Waals surface area contributed by atoms with E-state index in [9.17, 15) is 8.78 Å². The zero-order chi connectivity index (χ0) is 22.0. The third kappa shape index (κ3) is 4.10. The summed E-state index contributed by atoms with van der Waals surface area (Å²) in [6, 6.07) is 3.16. The maximum absolute atomic E-state index is 14.8. The van der Waals surface area contributed by atoms with Crippen LogP contribution in [0.4, 0.5) is 8.78 Å². The van der Waals surface area contributed by atoms with Crippen molar-refractivity contribution in [3.63, 3.8) is 0 Å². The SMILES string of the molecule is COc1cc(OC)c(F)c(Cc2c[nH]c3ncc(-c4cnn(CCSC)c4)cc23)c1F. The first-order valence-electron chi connectivity index (χ1n) is 9.62. The summed E-state index contributed by atoms with van der Waals surface area (Å²) in [5, 5.41) is 5.18. The molecule has 0 radical (unpaired) electrons. The quantitative estimate of drug-likeness (QED) is 0.428. The number of benzene rings is 1. The van der Waals surface area contributed by atoms with E-state index < -0.39 is 11.6 Å². The molecule has 0 spiro atoms. The van der Waals surface area contributed by atoms with Gasteiger partial charge in [0.15, 0.2) is 23.1 Å². The number of methoxy groups -OCH3 is 2. The number of aromatic amines is 1. The van der Waals surface area contributed by atoms with E-state index in [1.807, 2.05) is 16.9 Å².